The fourth-order valence-corrected chi connectivity index (χ4v) is 2.79. The molecule has 2 unspecified atom stereocenters. The first-order valence-corrected chi connectivity index (χ1v) is 7.83. The van der Waals surface area contributed by atoms with E-state index >= 15 is 0 Å². The van der Waals surface area contributed by atoms with Crippen molar-refractivity contribution in [1.29, 1.82) is 0 Å². The Hall–Kier alpha value is -1.38. The fourth-order valence-electron chi connectivity index (χ4n) is 2.79. The summed E-state index contributed by atoms with van der Waals surface area (Å²) < 4.78 is 5.83. The lowest BCUT2D eigenvalue weighted by molar-refractivity contribution is -0.158. The molecule has 0 bridgehead atoms. The maximum Gasteiger partial charge on any atom is 0.309 e. The van der Waals surface area contributed by atoms with Crippen molar-refractivity contribution in [3.05, 3.63) is 30.1 Å². The van der Waals surface area contributed by atoms with E-state index in [-0.39, 0.29) is 18.0 Å². The van der Waals surface area contributed by atoms with E-state index in [0.717, 1.165) is 25.0 Å². The third kappa shape index (κ3) is 3.81. The van der Waals surface area contributed by atoms with Gasteiger partial charge in [-0.3, -0.25) is 9.78 Å². The summed E-state index contributed by atoms with van der Waals surface area (Å²) in [5, 5.41) is 0. The first kappa shape index (κ1) is 15.0. The number of aromatic nitrogens is 1. The van der Waals surface area contributed by atoms with E-state index in [0.29, 0.717) is 5.92 Å². The molecular formula is C17H25NO2. The van der Waals surface area contributed by atoms with Gasteiger partial charge < -0.3 is 4.74 Å². The molecule has 1 aromatic heterocycles. The molecule has 1 aliphatic rings. The molecular weight excluding hydrogens is 250 g/mol. The van der Waals surface area contributed by atoms with Crippen LogP contribution < -0.4 is 0 Å². The highest BCUT2D eigenvalue weighted by Gasteiger charge is 2.30. The van der Waals surface area contributed by atoms with Gasteiger partial charge in [-0.25, -0.2) is 0 Å². The molecule has 1 fully saturated rings. The van der Waals surface area contributed by atoms with Crippen molar-refractivity contribution in [2.45, 2.75) is 58.5 Å². The first-order valence-electron chi connectivity index (χ1n) is 7.83. The van der Waals surface area contributed by atoms with E-state index in [2.05, 4.69) is 4.98 Å². The van der Waals surface area contributed by atoms with Gasteiger partial charge in [0.2, 0.25) is 0 Å². The molecule has 0 spiro atoms. The molecule has 0 N–H and O–H groups in total. The Morgan fingerprint density at radius 2 is 2.10 bits per heavy atom. The van der Waals surface area contributed by atoms with Crippen LogP contribution in [0.5, 0.6) is 0 Å². The van der Waals surface area contributed by atoms with Gasteiger partial charge in [0.15, 0.2) is 0 Å². The molecule has 2 atom stereocenters. The third-order valence-electron chi connectivity index (χ3n) is 4.32. The highest BCUT2D eigenvalue weighted by molar-refractivity contribution is 5.72. The predicted octanol–water partition coefficient (Wildman–Crippen LogP) is 4.29. The summed E-state index contributed by atoms with van der Waals surface area (Å²) >= 11 is 0. The van der Waals surface area contributed by atoms with Crippen molar-refractivity contribution in [3.8, 4) is 0 Å². The van der Waals surface area contributed by atoms with E-state index in [4.69, 9.17) is 4.74 Å². The molecule has 1 aromatic rings. The first-order chi connectivity index (χ1) is 9.72. The lowest BCUT2D eigenvalue weighted by Gasteiger charge is -2.30. The average molecular weight is 275 g/mol. The summed E-state index contributed by atoms with van der Waals surface area (Å²) in [6.45, 7) is 3.95. The van der Waals surface area contributed by atoms with Gasteiger partial charge in [0.25, 0.3) is 0 Å². The molecule has 0 saturated heterocycles. The largest absolute Gasteiger partial charge is 0.455 e. The Morgan fingerprint density at radius 1 is 1.35 bits per heavy atom. The lowest BCUT2D eigenvalue weighted by atomic mass is 9.84. The second-order valence-corrected chi connectivity index (χ2v) is 5.82. The number of carbonyl (C=O) groups excluding carboxylic acids is 1. The number of hydrogen-bond acceptors (Lipinski definition) is 3. The molecule has 3 heteroatoms. The third-order valence-corrected chi connectivity index (χ3v) is 4.32. The summed E-state index contributed by atoms with van der Waals surface area (Å²) in [6.07, 6.45) is 8.46. The minimum atomic E-state index is -0.169. The number of nitrogens with zero attached hydrogens (tertiary/aromatic N) is 1. The molecule has 1 saturated carbocycles. The van der Waals surface area contributed by atoms with Crippen LogP contribution in [0.4, 0.5) is 0 Å². The van der Waals surface area contributed by atoms with Crippen molar-refractivity contribution in [3.63, 3.8) is 0 Å². The van der Waals surface area contributed by atoms with Crippen molar-refractivity contribution in [2.75, 3.05) is 0 Å². The predicted molar refractivity (Wildman–Crippen MR) is 79.1 cm³/mol. The maximum atomic E-state index is 12.2. The normalized spacial score (nSPS) is 19.3. The Labute approximate surface area is 121 Å². The number of carbonyl (C=O) groups is 1. The van der Waals surface area contributed by atoms with Crippen LogP contribution in [0.25, 0.3) is 0 Å². The molecule has 1 heterocycles. The molecule has 1 aliphatic carbocycles. The second kappa shape index (κ2) is 7.41. The van der Waals surface area contributed by atoms with Crippen LogP contribution in [0.1, 0.15) is 64.2 Å². The van der Waals surface area contributed by atoms with E-state index in [1.807, 2.05) is 32.0 Å². The lowest BCUT2D eigenvalue weighted by Crippen LogP contribution is -2.25. The Bertz CT molecular complexity index is 412. The van der Waals surface area contributed by atoms with E-state index in [1.54, 1.807) is 6.20 Å². The number of rotatable bonds is 5. The van der Waals surface area contributed by atoms with Crippen molar-refractivity contribution in [1.82, 2.24) is 4.98 Å². The summed E-state index contributed by atoms with van der Waals surface area (Å²) in [4.78, 5) is 16.6. The number of esters is 1. The van der Waals surface area contributed by atoms with Gasteiger partial charge in [-0.2, -0.15) is 0 Å². The van der Waals surface area contributed by atoms with E-state index in [1.165, 1.54) is 19.3 Å². The van der Waals surface area contributed by atoms with Gasteiger partial charge in [-0.1, -0.05) is 39.2 Å². The molecule has 0 radical (unpaired) electrons. The van der Waals surface area contributed by atoms with Gasteiger partial charge in [-0.15, -0.1) is 0 Å². The van der Waals surface area contributed by atoms with Crippen LogP contribution in [0.15, 0.2) is 24.4 Å². The van der Waals surface area contributed by atoms with E-state index < -0.39 is 0 Å². The fraction of sp³-hybridized carbons (Fsp3) is 0.647. The van der Waals surface area contributed by atoms with Crippen LogP contribution >= 0.6 is 0 Å². The zero-order valence-electron chi connectivity index (χ0n) is 12.5. The zero-order chi connectivity index (χ0) is 14.4. The monoisotopic (exact) mass is 275 g/mol. The van der Waals surface area contributed by atoms with Crippen molar-refractivity contribution >= 4 is 5.97 Å². The van der Waals surface area contributed by atoms with Crippen molar-refractivity contribution in [2.24, 2.45) is 11.8 Å². The van der Waals surface area contributed by atoms with Crippen LogP contribution in [-0.2, 0) is 9.53 Å². The van der Waals surface area contributed by atoms with Crippen LogP contribution in [0.3, 0.4) is 0 Å². The number of hydrogen-bond donors (Lipinski definition) is 0. The van der Waals surface area contributed by atoms with Gasteiger partial charge >= 0.3 is 5.97 Å². The quantitative estimate of drug-likeness (QED) is 0.752. The van der Waals surface area contributed by atoms with Gasteiger partial charge in [-0.05, 0) is 31.4 Å². The maximum absolute atomic E-state index is 12.2. The van der Waals surface area contributed by atoms with Gasteiger partial charge in [0, 0.05) is 12.1 Å². The minimum absolute atomic E-state index is 0.0372. The molecule has 3 nitrogen and oxygen atoms in total. The van der Waals surface area contributed by atoms with Gasteiger partial charge in [0.1, 0.15) is 6.10 Å². The summed E-state index contributed by atoms with van der Waals surface area (Å²) in [6, 6.07) is 5.84. The van der Waals surface area contributed by atoms with E-state index in [9.17, 15) is 4.79 Å². The average Bonchev–Trinajstić information content (AvgIpc) is 2.53. The standard InChI is InChI=1S/C17H25NO2/c1-3-13(2)17(19)20-16(14-9-5-4-6-10-14)15-11-7-8-12-18-15/h7-8,11-14,16H,3-6,9-10H2,1-2H3. The van der Waals surface area contributed by atoms with Gasteiger partial charge in [0.05, 0.1) is 11.6 Å². The molecule has 2 rings (SSSR count). The van der Waals surface area contributed by atoms with Crippen molar-refractivity contribution < 1.29 is 9.53 Å². The SMILES string of the molecule is CCC(C)C(=O)OC(c1ccccn1)C1CCCCC1. The summed E-state index contributed by atoms with van der Waals surface area (Å²) in [7, 11) is 0. The topological polar surface area (TPSA) is 39.2 Å². The smallest absolute Gasteiger partial charge is 0.309 e. The van der Waals surface area contributed by atoms with Crippen LogP contribution in [-0.4, -0.2) is 11.0 Å². The molecule has 0 aromatic carbocycles. The van der Waals surface area contributed by atoms with Crippen LogP contribution in [0, 0.1) is 11.8 Å². The Kier molecular flexibility index (Phi) is 5.57. The Balaban J connectivity index is 2.13. The second-order valence-electron chi connectivity index (χ2n) is 5.82. The molecule has 110 valence electrons. The Morgan fingerprint density at radius 3 is 2.70 bits per heavy atom. The molecule has 20 heavy (non-hydrogen) atoms. The minimum Gasteiger partial charge on any atom is -0.455 e. The molecule has 0 aliphatic heterocycles. The zero-order valence-corrected chi connectivity index (χ0v) is 12.5. The summed E-state index contributed by atoms with van der Waals surface area (Å²) in [5.41, 5.74) is 0.899. The highest BCUT2D eigenvalue weighted by atomic mass is 16.5. The summed E-state index contributed by atoms with van der Waals surface area (Å²) in [5.74, 6) is 0.296. The number of ether oxygens (including phenoxy) is 1. The highest BCUT2D eigenvalue weighted by Crippen LogP contribution is 2.36. The van der Waals surface area contributed by atoms with Crippen LogP contribution in [0.2, 0.25) is 0 Å². The molecule has 0 amide bonds. The number of pyridine rings is 1.